The van der Waals surface area contributed by atoms with Crippen LogP contribution in [0.2, 0.25) is 0 Å². The van der Waals surface area contributed by atoms with Crippen molar-refractivity contribution in [1.29, 1.82) is 0 Å². The maximum Gasteiger partial charge on any atom is 0.147 e. The number of fused-ring (bicyclic) bond motifs is 10. The second-order valence-electron chi connectivity index (χ2n) is 12.7. The van der Waals surface area contributed by atoms with Crippen molar-refractivity contribution < 1.29 is 8.83 Å². The zero-order valence-electron chi connectivity index (χ0n) is 26.2. The van der Waals surface area contributed by atoms with Crippen molar-refractivity contribution in [3.05, 3.63) is 158 Å². The fourth-order valence-corrected chi connectivity index (χ4v) is 9.21. The Kier molecular flexibility index (Phi) is 5.57. The molecule has 8 aromatic carbocycles. The molecule has 0 aliphatic rings. The lowest BCUT2D eigenvalue weighted by Gasteiger charge is -2.18. The van der Waals surface area contributed by atoms with Crippen LogP contribution in [-0.2, 0) is 0 Å². The molecule has 49 heavy (non-hydrogen) atoms. The molecule has 3 aromatic heterocycles. The highest BCUT2D eigenvalue weighted by Gasteiger charge is 2.26. The van der Waals surface area contributed by atoms with E-state index in [9.17, 15) is 0 Å². The number of thiophene rings is 1. The molecular formula is C46H26O2S. The Balaban J connectivity index is 1.33. The highest BCUT2D eigenvalue weighted by molar-refractivity contribution is 7.25. The first-order chi connectivity index (χ1) is 24.3. The molecule has 0 fully saturated rings. The summed E-state index contributed by atoms with van der Waals surface area (Å²) in [5, 5.41) is 10.6. The molecule has 0 aliphatic heterocycles. The first kappa shape index (κ1) is 26.9. The Bertz CT molecular complexity index is 3050. The fraction of sp³-hybridized carbons (Fsp3) is 0. The van der Waals surface area contributed by atoms with E-state index in [-0.39, 0.29) is 0 Å². The molecule has 3 heterocycles. The van der Waals surface area contributed by atoms with E-state index in [1.807, 2.05) is 23.5 Å². The van der Waals surface area contributed by atoms with Crippen molar-refractivity contribution >= 4 is 86.0 Å². The van der Waals surface area contributed by atoms with Gasteiger partial charge in [0, 0.05) is 47.6 Å². The van der Waals surface area contributed by atoms with Crippen LogP contribution in [0.5, 0.6) is 0 Å². The van der Waals surface area contributed by atoms with Crippen LogP contribution in [0, 0.1) is 0 Å². The summed E-state index contributed by atoms with van der Waals surface area (Å²) in [6.07, 6.45) is 0. The SMILES string of the molecule is c1ccc(-c2oc3c(ccc4oc5ccccc5c43)c2-c2c3ccccc3c(-c3cccc4sc5ccccc5c34)c3ccccc23)cc1. The van der Waals surface area contributed by atoms with E-state index >= 15 is 0 Å². The van der Waals surface area contributed by atoms with Crippen LogP contribution in [0.3, 0.4) is 0 Å². The van der Waals surface area contributed by atoms with E-state index in [2.05, 4.69) is 146 Å². The van der Waals surface area contributed by atoms with Gasteiger partial charge in [-0.25, -0.2) is 0 Å². The number of rotatable bonds is 3. The fourth-order valence-electron chi connectivity index (χ4n) is 8.08. The maximum absolute atomic E-state index is 7.07. The van der Waals surface area contributed by atoms with Crippen LogP contribution in [0.25, 0.3) is 108 Å². The van der Waals surface area contributed by atoms with Crippen molar-refractivity contribution in [2.75, 3.05) is 0 Å². The van der Waals surface area contributed by atoms with Crippen LogP contribution in [0.15, 0.2) is 167 Å². The van der Waals surface area contributed by atoms with Gasteiger partial charge in [-0.15, -0.1) is 11.3 Å². The molecule has 0 saturated carbocycles. The van der Waals surface area contributed by atoms with E-state index in [1.165, 1.54) is 58.4 Å². The van der Waals surface area contributed by atoms with Crippen LogP contribution >= 0.6 is 11.3 Å². The lowest BCUT2D eigenvalue weighted by atomic mass is 9.83. The Morgan fingerprint density at radius 1 is 0.347 bits per heavy atom. The molecule has 0 spiro atoms. The summed E-state index contributed by atoms with van der Waals surface area (Å²) in [4.78, 5) is 0. The minimum atomic E-state index is 0.828. The van der Waals surface area contributed by atoms with Gasteiger partial charge >= 0.3 is 0 Å². The number of furan rings is 2. The van der Waals surface area contributed by atoms with Gasteiger partial charge in [0.15, 0.2) is 0 Å². The van der Waals surface area contributed by atoms with Gasteiger partial charge in [-0.05, 0) is 63.0 Å². The molecule has 0 saturated heterocycles. The Morgan fingerprint density at radius 3 is 1.71 bits per heavy atom. The maximum atomic E-state index is 7.07. The van der Waals surface area contributed by atoms with Gasteiger partial charge in [-0.1, -0.05) is 127 Å². The molecule has 3 heteroatoms. The molecule has 0 aliphatic carbocycles. The monoisotopic (exact) mass is 642 g/mol. The molecule has 228 valence electrons. The Hall–Kier alpha value is -6.16. The first-order valence-corrected chi connectivity index (χ1v) is 17.4. The molecule has 11 rings (SSSR count). The standard InChI is InChI=1S/C46H26O2S/c1-2-13-27(14-3-1)45-44(35-25-26-37-43(46(35)48-45)32-19-8-10-22-36(32)47-37)42-30-17-6-4-15-28(30)40(29-16-5-7-18-31(29)42)34-21-12-24-39-41(34)33-20-9-11-23-38(33)49-39/h1-26H. The van der Waals surface area contributed by atoms with Gasteiger partial charge in [-0.2, -0.15) is 0 Å². The van der Waals surface area contributed by atoms with Gasteiger partial charge in [0.05, 0.1) is 5.39 Å². The Morgan fingerprint density at radius 2 is 0.959 bits per heavy atom. The minimum Gasteiger partial charge on any atom is -0.456 e. The molecular weight excluding hydrogens is 617 g/mol. The third kappa shape index (κ3) is 3.76. The topological polar surface area (TPSA) is 26.3 Å². The zero-order valence-corrected chi connectivity index (χ0v) is 27.1. The number of benzene rings is 8. The second-order valence-corrected chi connectivity index (χ2v) is 13.8. The summed E-state index contributed by atoms with van der Waals surface area (Å²) in [7, 11) is 0. The quantitative estimate of drug-likeness (QED) is 0.179. The highest BCUT2D eigenvalue weighted by atomic mass is 32.1. The van der Waals surface area contributed by atoms with Gasteiger partial charge in [0.2, 0.25) is 0 Å². The summed E-state index contributed by atoms with van der Waals surface area (Å²) in [5.41, 5.74) is 8.40. The lowest BCUT2D eigenvalue weighted by Crippen LogP contribution is -1.92. The lowest BCUT2D eigenvalue weighted by molar-refractivity contribution is 0.634. The van der Waals surface area contributed by atoms with Crippen molar-refractivity contribution in [2.45, 2.75) is 0 Å². The van der Waals surface area contributed by atoms with E-state index in [0.717, 1.165) is 49.8 Å². The van der Waals surface area contributed by atoms with E-state index in [4.69, 9.17) is 8.83 Å². The van der Waals surface area contributed by atoms with Crippen LogP contribution in [0.4, 0.5) is 0 Å². The number of para-hydroxylation sites is 1. The van der Waals surface area contributed by atoms with Crippen LogP contribution in [0.1, 0.15) is 0 Å². The molecule has 0 amide bonds. The number of hydrogen-bond acceptors (Lipinski definition) is 3. The predicted octanol–water partition coefficient (Wildman–Crippen LogP) is 14.0. The normalized spacial score (nSPS) is 12.1. The molecule has 2 nitrogen and oxygen atoms in total. The highest BCUT2D eigenvalue weighted by Crippen LogP contribution is 2.52. The smallest absolute Gasteiger partial charge is 0.147 e. The molecule has 0 atom stereocenters. The van der Waals surface area contributed by atoms with Gasteiger partial charge in [-0.3, -0.25) is 0 Å². The van der Waals surface area contributed by atoms with Crippen molar-refractivity contribution in [2.24, 2.45) is 0 Å². The second kappa shape index (κ2) is 10.2. The van der Waals surface area contributed by atoms with E-state index in [1.54, 1.807) is 0 Å². The first-order valence-electron chi connectivity index (χ1n) is 16.6. The third-order valence-electron chi connectivity index (χ3n) is 10.1. The summed E-state index contributed by atoms with van der Waals surface area (Å²) in [5.74, 6) is 0.863. The van der Waals surface area contributed by atoms with Crippen molar-refractivity contribution in [3.63, 3.8) is 0 Å². The number of hydrogen-bond donors (Lipinski definition) is 0. The summed E-state index contributed by atoms with van der Waals surface area (Å²) < 4.78 is 16.0. The van der Waals surface area contributed by atoms with E-state index < -0.39 is 0 Å². The summed E-state index contributed by atoms with van der Waals surface area (Å²) in [6.45, 7) is 0. The molecule has 11 aromatic rings. The largest absolute Gasteiger partial charge is 0.456 e. The van der Waals surface area contributed by atoms with Gasteiger partial charge in [0.1, 0.15) is 22.5 Å². The summed E-state index contributed by atoms with van der Waals surface area (Å²) in [6, 6.07) is 56.4. The van der Waals surface area contributed by atoms with Gasteiger partial charge < -0.3 is 8.83 Å². The van der Waals surface area contributed by atoms with Crippen molar-refractivity contribution in [1.82, 2.24) is 0 Å². The molecule has 0 bridgehead atoms. The van der Waals surface area contributed by atoms with Gasteiger partial charge in [0.25, 0.3) is 0 Å². The molecule has 0 unspecified atom stereocenters. The Labute approximate surface area is 285 Å². The predicted molar refractivity (Wildman–Crippen MR) is 208 cm³/mol. The zero-order chi connectivity index (χ0) is 32.1. The minimum absolute atomic E-state index is 0.828. The summed E-state index contributed by atoms with van der Waals surface area (Å²) >= 11 is 1.87. The van der Waals surface area contributed by atoms with E-state index in [0.29, 0.717) is 0 Å². The molecule has 0 radical (unpaired) electrons. The molecule has 0 N–H and O–H groups in total. The van der Waals surface area contributed by atoms with Crippen LogP contribution < -0.4 is 0 Å². The van der Waals surface area contributed by atoms with Crippen molar-refractivity contribution in [3.8, 4) is 33.6 Å². The van der Waals surface area contributed by atoms with Crippen LogP contribution in [-0.4, -0.2) is 0 Å². The average molecular weight is 643 g/mol. The average Bonchev–Trinajstić information content (AvgIpc) is 3.85. The third-order valence-corrected chi connectivity index (χ3v) is 11.2.